The van der Waals surface area contributed by atoms with Crippen LogP contribution in [0.4, 0.5) is 5.69 Å². The predicted molar refractivity (Wildman–Crippen MR) is 74.7 cm³/mol. The molecule has 96 valence electrons. The summed E-state index contributed by atoms with van der Waals surface area (Å²) in [4.78, 5) is 0. The lowest BCUT2D eigenvalue weighted by molar-refractivity contribution is 0.443. The minimum atomic E-state index is -0.0815. The third-order valence-corrected chi connectivity index (χ3v) is 3.09. The second kappa shape index (κ2) is 3.94. The molecule has 0 unspecified atom stereocenters. The fourth-order valence-corrected chi connectivity index (χ4v) is 2.77. The number of hydrogen-bond donors (Lipinski definition) is 2. The standard InChI is InChI=1S/C15H25NO/c1-9-12(14(2,3)4)10(16)8-11(17)13(9)15(5,6)7/h8,17H,16H2,1-7H3. The molecule has 1 aromatic carbocycles. The second-order valence-corrected chi connectivity index (χ2v) is 6.86. The average Bonchev–Trinajstić information content (AvgIpc) is 1.94. The summed E-state index contributed by atoms with van der Waals surface area (Å²) in [5.41, 5.74) is 9.90. The number of phenolic OH excluding ortho intramolecular Hbond substituents is 1. The van der Waals surface area contributed by atoms with E-state index < -0.39 is 0 Å². The van der Waals surface area contributed by atoms with Crippen molar-refractivity contribution in [1.29, 1.82) is 0 Å². The largest absolute Gasteiger partial charge is 0.508 e. The summed E-state index contributed by atoms with van der Waals surface area (Å²) in [7, 11) is 0. The van der Waals surface area contributed by atoms with Crippen LogP contribution in [0.1, 0.15) is 58.2 Å². The first-order chi connectivity index (χ1) is 7.46. The van der Waals surface area contributed by atoms with Crippen LogP contribution in [0.3, 0.4) is 0 Å². The monoisotopic (exact) mass is 235 g/mol. The van der Waals surface area contributed by atoms with Gasteiger partial charge in [-0.15, -0.1) is 0 Å². The summed E-state index contributed by atoms with van der Waals surface area (Å²) in [5.74, 6) is 0.306. The van der Waals surface area contributed by atoms with E-state index in [0.29, 0.717) is 11.4 Å². The molecule has 2 heteroatoms. The molecule has 0 saturated heterocycles. The van der Waals surface area contributed by atoms with Crippen LogP contribution in [0.2, 0.25) is 0 Å². The highest BCUT2D eigenvalue weighted by atomic mass is 16.3. The van der Waals surface area contributed by atoms with Crippen molar-refractivity contribution in [1.82, 2.24) is 0 Å². The van der Waals surface area contributed by atoms with Gasteiger partial charge in [-0.25, -0.2) is 0 Å². The van der Waals surface area contributed by atoms with Crippen LogP contribution in [0.5, 0.6) is 5.75 Å². The van der Waals surface area contributed by atoms with E-state index in [9.17, 15) is 5.11 Å². The number of benzene rings is 1. The number of anilines is 1. The molecule has 0 saturated carbocycles. The molecular weight excluding hydrogens is 210 g/mol. The van der Waals surface area contributed by atoms with Crippen molar-refractivity contribution in [2.24, 2.45) is 0 Å². The lowest BCUT2D eigenvalue weighted by Gasteiger charge is -2.30. The van der Waals surface area contributed by atoms with Crippen molar-refractivity contribution < 1.29 is 5.11 Å². The maximum atomic E-state index is 10.1. The van der Waals surface area contributed by atoms with Gasteiger partial charge in [-0.1, -0.05) is 41.5 Å². The highest BCUT2D eigenvalue weighted by Crippen LogP contribution is 2.41. The molecule has 0 bridgehead atoms. The van der Waals surface area contributed by atoms with Crippen molar-refractivity contribution >= 4 is 5.69 Å². The Morgan fingerprint density at radius 1 is 0.941 bits per heavy atom. The molecule has 1 rings (SSSR count). The van der Waals surface area contributed by atoms with Gasteiger partial charge in [0.1, 0.15) is 5.75 Å². The zero-order valence-electron chi connectivity index (χ0n) is 12.1. The van der Waals surface area contributed by atoms with Crippen LogP contribution < -0.4 is 5.73 Å². The van der Waals surface area contributed by atoms with E-state index in [2.05, 4.69) is 48.5 Å². The summed E-state index contributed by atoms with van der Waals surface area (Å²) in [6.07, 6.45) is 0. The molecule has 0 spiro atoms. The number of nitrogen functional groups attached to an aromatic ring is 1. The zero-order valence-corrected chi connectivity index (χ0v) is 12.1. The van der Waals surface area contributed by atoms with Crippen LogP contribution in [0, 0.1) is 6.92 Å². The molecule has 2 nitrogen and oxygen atoms in total. The van der Waals surface area contributed by atoms with Gasteiger partial charge in [-0.2, -0.15) is 0 Å². The van der Waals surface area contributed by atoms with Crippen LogP contribution in [0.15, 0.2) is 6.07 Å². The molecule has 0 fully saturated rings. The van der Waals surface area contributed by atoms with Crippen LogP contribution in [0.25, 0.3) is 0 Å². The first kappa shape index (κ1) is 13.9. The fourth-order valence-electron chi connectivity index (χ4n) is 2.77. The molecular formula is C15H25NO. The first-order valence-electron chi connectivity index (χ1n) is 6.09. The zero-order chi connectivity index (χ0) is 13.6. The topological polar surface area (TPSA) is 46.2 Å². The predicted octanol–water partition coefficient (Wildman–Crippen LogP) is 3.88. The summed E-state index contributed by atoms with van der Waals surface area (Å²) in [6.45, 7) is 14.8. The van der Waals surface area contributed by atoms with Crippen molar-refractivity contribution in [2.75, 3.05) is 5.73 Å². The molecule has 0 amide bonds. The van der Waals surface area contributed by atoms with Crippen LogP contribution in [-0.4, -0.2) is 5.11 Å². The molecule has 3 N–H and O–H groups in total. The minimum Gasteiger partial charge on any atom is -0.508 e. The Morgan fingerprint density at radius 2 is 1.35 bits per heavy atom. The van der Waals surface area contributed by atoms with Gasteiger partial charge in [0.05, 0.1) is 0 Å². The summed E-state index contributed by atoms with van der Waals surface area (Å²) in [5, 5.41) is 10.1. The molecule has 0 aliphatic carbocycles. The highest BCUT2D eigenvalue weighted by molar-refractivity contribution is 5.63. The van der Waals surface area contributed by atoms with Crippen molar-refractivity contribution in [3.8, 4) is 5.75 Å². The van der Waals surface area contributed by atoms with E-state index in [1.165, 1.54) is 0 Å². The average molecular weight is 235 g/mol. The summed E-state index contributed by atoms with van der Waals surface area (Å²) < 4.78 is 0. The maximum Gasteiger partial charge on any atom is 0.121 e. The molecule has 17 heavy (non-hydrogen) atoms. The number of rotatable bonds is 0. The summed E-state index contributed by atoms with van der Waals surface area (Å²) in [6, 6.07) is 1.69. The van der Waals surface area contributed by atoms with Gasteiger partial charge in [0.2, 0.25) is 0 Å². The van der Waals surface area contributed by atoms with Gasteiger partial charge < -0.3 is 10.8 Å². The summed E-state index contributed by atoms with van der Waals surface area (Å²) >= 11 is 0. The Kier molecular flexibility index (Phi) is 3.21. The highest BCUT2D eigenvalue weighted by Gasteiger charge is 2.28. The lowest BCUT2D eigenvalue weighted by atomic mass is 9.75. The molecule has 1 aromatic rings. The van der Waals surface area contributed by atoms with Crippen molar-refractivity contribution in [3.05, 3.63) is 22.8 Å². The smallest absolute Gasteiger partial charge is 0.121 e. The Morgan fingerprint density at radius 3 is 1.71 bits per heavy atom. The number of aromatic hydroxyl groups is 1. The molecule has 0 heterocycles. The van der Waals surface area contributed by atoms with Gasteiger partial charge in [-0.05, 0) is 28.9 Å². The van der Waals surface area contributed by atoms with Crippen molar-refractivity contribution in [2.45, 2.75) is 59.3 Å². The van der Waals surface area contributed by atoms with E-state index in [1.54, 1.807) is 6.07 Å². The molecule has 0 radical (unpaired) electrons. The van der Waals surface area contributed by atoms with E-state index in [1.807, 2.05) is 0 Å². The normalized spacial score (nSPS) is 12.9. The van der Waals surface area contributed by atoms with E-state index >= 15 is 0 Å². The first-order valence-corrected chi connectivity index (χ1v) is 6.09. The van der Waals surface area contributed by atoms with Gasteiger partial charge in [0.25, 0.3) is 0 Å². The molecule has 0 aliphatic rings. The Labute approximate surface area is 105 Å². The third kappa shape index (κ3) is 2.56. The molecule has 0 atom stereocenters. The van der Waals surface area contributed by atoms with Crippen molar-refractivity contribution in [3.63, 3.8) is 0 Å². The van der Waals surface area contributed by atoms with E-state index in [-0.39, 0.29) is 10.8 Å². The van der Waals surface area contributed by atoms with Gasteiger partial charge in [-0.3, -0.25) is 0 Å². The Hall–Kier alpha value is -1.18. The van der Waals surface area contributed by atoms with E-state index in [4.69, 9.17) is 5.73 Å². The van der Waals surface area contributed by atoms with Crippen LogP contribution in [-0.2, 0) is 10.8 Å². The molecule has 0 aromatic heterocycles. The van der Waals surface area contributed by atoms with Gasteiger partial charge >= 0.3 is 0 Å². The second-order valence-electron chi connectivity index (χ2n) is 6.86. The van der Waals surface area contributed by atoms with Crippen LogP contribution >= 0.6 is 0 Å². The quantitative estimate of drug-likeness (QED) is 0.670. The maximum absolute atomic E-state index is 10.1. The number of nitrogens with two attached hydrogens (primary N) is 1. The van der Waals surface area contributed by atoms with Gasteiger partial charge in [0, 0.05) is 17.3 Å². The Balaban J connectivity index is 3.67. The number of phenols is 1. The minimum absolute atomic E-state index is 0.0120. The fraction of sp³-hybridized carbons (Fsp3) is 0.600. The Bertz CT molecular complexity index is 395. The van der Waals surface area contributed by atoms with Gasteiger partial charge in [0.15, 0.2) is 0 Å². The lowest BCUT2D eigenvalue weighted by Crippen LogP contribution is -2.21. The van der Waals surface area contributed by atoms with E-state index in [0.717, 1.165) is 16.7 Å². The third-order valence-electron chi connectivity index (χ3n) is 3.09. The SMILES string of the molecule is Cc1c(C(C)(C)C)c(N)cc(O)c1C(C)(C)C. The number of hydrogen-bond acceptors (Lipinski definition) is 2. The molecule has 0 aliphatic heterocycles.